The van der Waals surface area contributed by atoms with Gasteiger partial charge in [0.25, 0.3) is 0 Å². The summed E-state index contributed by atoms with van der Waals surface area (Å²) in [5.41, 5.74) is 2.46. The van der Waals surface area contributed by atoms with Crippen LogP contribution in [0.25, 0.3) is 0 Å². The fraction of sp³-hybridized carbons (Fsp3) is 0.300. The summed E-state index contributed by atoms with van der Waals surface area (Å²) in [6, 6.07) is 16.3. The van der Waals surface area contributed by atoms with Gasteiger partial charge in [-0.3, -0.25) is 0 Å². The van der Waals surface area contributed by atoms with Crippen LogP contribution in [-0.4, -0.2) is 29.0 Å². The number of amides is 1. The first-order valence-corrected chi connectivity index (χ1v) is 8.32. The second kappa shape index (κ2) is 9.56. The van der Waals surface area contributed by atoms with Crippen LogP contribution in [0.4, 0.5) is 4.79 Å². The molecule has 2 aromatic carbocycles. The third kappa shape index (κ3) is 5.59. The summed E-state index contributed by atoms with van der Waals surface area (Å²) in [7, 11) is 0. The molecule has 0 aliphatic rings. The van der Waals surface area contributed by atoms with Gasteiger partial charge >= 0.3 is 6.09 Å². The van der Waals surface area contributed by atoms with E-state index >= 15 is 0 Å². The van der Waals surface area contributed by atoms with Crippen molar-refractivity contribution >= 4 is 6.09 Å². The maximum Gasteiger partial charge on any atom is 0.407 e. The zero-order valence-electron chi connectivity index (χ0n) is 14.6. The zero-order chi connectivity index (χ0) is 18.9. The molecule has 0 bridgehead atoms. The molecule has 0 aromatic heterocycles. The molecule has 2 aromatic rings. The highest BCUT2D eigenvalue weighted by Gasteiger charge is 2.21. The highest BCUT2D eigenvalue weighted by atomic mass is 16.5. The van der Waals surface area contributed by atoms with Crippen molar-refractivity contribution < 1.29 is 19.7 Å². The molecule has 0 spiro atoms. The molecule has 0 aliphatic carbocycles. The van der Waals surface area contributed by atoms with Crippen LogP contribution in [0.2, 0.25) is 0 Å². The van der Waals surface area contributed by atoms with Gasteiger partial charge in [0.05, 0.1) is 17.7 Å². The quantitative estimate of drug-likeness (QED) is 0.709. The average molecular weight is 354 g/mol. The number of aliphatic hydroxyl groups excluding tert-OH is 2. The monoisotopic (exact) mass is 354 g/mol. The molecular formula is C20H22N2O4. The molecule has 0 aliphatic heterocycles. The lowest BCUT2D eigenvalue weighted by atomic mass is 9.96. The zero-order valence-corrected chi connectivity index (χ0v) is 14.6. The molecule has 0 saturated heterocycles. The number of carbonyl (C=O) groups excluding carboxylic acids is 1. The number of aliphatic hydroxyl groups is 2. The van der Waals surface area contributed by atoms with E-state index in [2.05, 4.69) is 5.32 Å². The maximum atomic E-state index is 11.7. The number of aryl methyl sites for hydroxylation is 1. The van der Waals surface area contributed by atoms with E-state index in [1.54, 1.807) is 18.2 Å². The molecule has 2 rings (SSSR count). The van der Waals surface area contributed by atoms with E-state index in [-0.39, 0.29) is 19.6 Å². The Labute approximate surface area is 152 Å². The van der Waals surface area contributed by atoms with Crippen LogP contribution in [0.5, 0.6) is 0 Å². The van der Waals surface area contributed by atoms with Gasteiger partial charge in [0, 0.05) is 12.1 Å². The Morgan fingerprint density at radius 1 is 1.23 bits per heavy atom. The predicted octanol–water partition coefficient (Wildman–Crippen LogP) is 2.58. The van der Waals surface area contributed by atoms with E-state index in [4.69, 9.17) is 10.00 Å². The number of alkyl carbamates (subject to hydrolysis) is 1. The fourth-order valence-electron chi connectivity index (χ4n) is 2.49. The lowest BCUT2D eigenvalue weighted by molar-refractivity contribution is 0.0134. The molecule has 2 unspecified atom stereocenters. The van der Waals surface area contributed by atoms with Crippen LogP contribution < -0.4 is 5.32 Å². The largest absolute Gasteiger partial charge is 0.445 e. The lowest BCUT2D eigenvalue weighted by Crippen LogP contribution is -2.30. The summed E-state index contributed by atoms with van der Waals surface area (Å²) in [6.45, 7) is 2.14. The highest BCUT2D eigenvalue weighted by Crippen LogP contribution is 2.23. The number of rotatable bonds is 7. The topological polar surface area (TPSA) is 103 Å². The minimum atomic E-state index is -1.20. The molecule has 1 amide bonds. The molecule has 0 radical (unpaired) electrons. The summed E-state index contributed by atoms with van der Waals surface area (Å²) in [6.07, 6.45) is -2.78. The first kappa shape index (κ1) is 19.4. The third-order valence-electron chi connectivity index (χ3n) is 3.93. The minimum absolute atomic E-state index is 0.125. The third-order valence-corrected chi connectivity index (χ3v) is 3.93. The van der Waals surface area contributed by atoms with Gasteiger partial charge in [0.15, 0.2) is 0 Å². The van der Waals surface area contributed by atoms with Gasteiger partial charge < -0.3 is 20.3 Å². The second-order valence-corrected chi connectivity index (χ2v) is 5.99. The van der Waals surface area contributed by atoms with Crippen molar-refractivity contribution in [1.82, 2.24) is 5.32 Å². The normalized spacial score (nSPS) is 12.7. The van der Waals surface area contributed by atoms with Gasteiger partial charge in [-0.15, -0.1) is 0 Å². The van der Waals surface area contributed by atoms with Gasteiger partial charge in [-0.25, -0.2) is 4.79 Å². The smallest absolute Gasteiger partial charge is 0.407 e. The van der Waals surface area contributed by atoms with Gasteiger partial charge in [0.1, 0.15) is 12.7 Å². The standard InChI is InChI=1S/C20H22N2O4/c1-14-7-8-16(12-21)17(11-14)19(24)18(23)9-10-22-20(25)26-13-15-5-3-2-4-6-15/h2-8,11,18-19,23-24H,9-10,13H2,1H3,(H,22,25). The molecular weight excluding hydrogens is 332 g/mol. The maximum absolute atomic E-state index is 11.7. The SMILES string of the molecule is Cc1ccc(C#N)c(C(O)C(O)CCNC(=O)OCc2ccccc2)c1. The van der Waals surface area contributed by atoms with E-state index in [1.807, 2.05) is 43.3 Å². The number of ether oxygens (including phenoxy) is 1. The van der Waals surface area contributed by atoms with Crippen LogP contribution in [0.15, 0.2) is 48.5 Å². The number of benzene rings is 2. The summed E-state index contributed by atoms with van der Waals surface area (Å²) in [4.78, 5) is 11.7. The van der Waals surface area contributed by atoms with Crippen molar-refractivity contribution in [2.24, 2.45) is 0 Å². The Morgan fingerprint density at radius 3 is 2.65 bits per heavy atom. The Hall–Kier alpha value is -2.88. The summed E-state index contributed by atoms with van der Waals surface area (Å²) in [5.74, 6) is 0. The van der Waals surface area contributed by atoms with Gasteiger partial charge in [-0.1, -0.05) is 48.0 Å². The molecule has 6 heteroatoms. The fourth-order valence-corrected chi connectivity index (χ4v) is 2.49. The van der Waals surface area contributed by atoms with E-state index < -0.39 is 18.3 Å². The molecule has 136 valence electrons. The van der Waals surface area contributed by atoms with Gasteiger partial charge in [0.2, 0.25) is 0 Å². The predicted molar refractivity (Wildman–Crippen MR) is 96.1 cm³/mol. The Morgan fingerprint density at radius 2 is 1.96 bits per heavy atom. The van der Waals surface area contributed by atoms with Crippen molar-refractivity contribution in [3.63, 3.8) is 0 Å². The van der Waals surface area contributed by atoms with Crippen molar-refractivity contribution in [2.75, 3.05) is 6.54 Å². The average Bonchev–Trinajstić information content (AvgIpc) is 2.66. The van der Waals surface area contributed by atoms with E-state index in [9.17, 15) is 15.0 Å². The van der Waals surface area contributed by atoms with Crippen molar-refractivity contribution in [1.29, 1.82) is 5.26 Å². The first-order valence-electron chi connectivity index (χ1n) is 8.32. The second-order valence-electron chi connectivity index (χ2n) is 5.99. The van der Waals surface area contributed by atoms with Crippen molar-refractivity contribution in [2.45, 2.75) is 32.2 Å². The highest BCUT2D eigenvalue weighted by molar-refractivity contribution is 5.67. The van der Waals surface area contributed by atoms with Crippen molar-refractivity contribution in [3.8, 4) is 6.07 Å². The van der Waals surface area contributed by atoms with Crippen molar-refractivity contribution in [3.05, 3.63) is 70.8 Å². The molecule has 26 heavy (non-hydrogen) atoms. The van der Waals surface area contributed by atoms with Crippen LogP contribution in [0.3, 0.4) is 0 Å². The van der Waals surface area contributed by atoms with Gasteiger partial charge in [-0.2, -0.15) is 5.26 Å². The van der Waals surface area contributed by atoms with Crippen LogP contribution >= 0.6 is 0 Å². The number of hydrogen-bond donors (Lipinski definition) is 3. The Balaban J connectivity index is 1.79. The lowest BCUT2D eigenvalue weighted by Gasteiger charge is -2.19. The van der Waals surface area contributed by atoms with E-state index in [0.29, 0.717) is 11.1 Å². The molecule has 0 fully saturated rings. The number of hydrogen-bond acceptors (Lipinski definition) is 5. The Kier molecular flexibility index (Phi) is 7.15. The molecule has 3 N–H and O–H groups in total. The molecule has 0 heterocycles. The van der Waals surface area contributed by atoms with Gasteiger partial charge in [-0.05, 0) is 25.0 Å². The number of nitrogens with one attached hydrogen (secondary N) is 1. The number of nitriles is 1. The summed E-state index contributed by atoms with van der Waals surface area (Å²) < 4.78 is 5.07. The van der Waals surface area contributed by atoms with E-state index in [0.717, 1.165) is 11.1 Å². The van der Waals surface area contributed by atoms with Crippen LogP contribution in [-0.2, 0) is 11.3 Å². The van der Waals surface area contributed by atoms with E-state index in [1.165, 1.54) is 0 Å². The number of nitrogens with zero attached hydrogens (tertiary/aromatic N) is 1. The molecule has 6 nitrogen and oxygen atoms in total. The molecule has 2 atom stereocenters. The first-order chi connectivity index (χ1) is 12.5. The number of carbonyl (C=O) groups is 1. The molecule has 0 saturated carbocycles. The summed E-state index contributed by atoms with van der Waals surface area (Å²) >= 11 is 0. The van der Waals surface area contributed by atoms with Crippen LogP contribution in [0, 0.1) is 18.3 Å². The minimum Gasteiger partial charge on any atom is -0.445 e. The van der Waals surface area contributed by atoms with Crippen LogP contribution in [0.1, 0.15) is 34.8 Å². The summed E-state index contributed by atoms with van der Waals surface area (Å²) in [5, 5.41) is 32.1. The Bertz CT molecular complexity index is 771.